The summed E-state index contributed by atoms with van der Waals surface area (Å²) >= 11 is 1.66. The fourth-order valence-corrected chi connectivity index (χ4v) is 4.76. The summed E-state index contributed by atoms with van der Waals surface area (Å²) in [5.74, 6) is 1.06. The van der Waals surface area contributed by atoms with Crippen LogP contribution in [0.15, 0.2) is 35.2 Å². The maximum atomic E-state index is 11.5. The van der Waals surface area contributed by atoms with Gasteiger partial charge in [-0.25, -0.2) is 4.98 Å². The monoisotopic (exact) mass is 385 g/mol. The van der Waals surface area contributed by atoms with E-state index in [4.69, 9.17) is 4.74 Å². The number of thiazole rings is 1. The van der Waals surface area contributed by atoms with Gasteiger partial charge in [-0.2, -0.15) is 0 Å². The minimum Gasteiger partial charge on any atom is -0.487 e. The summed E-state index contributed by atoms with van der Waals surface area (Å²) in [5.41, 5.74) is 4.13. The van der Waals surface area contributed by atoms with Gasteiger partial charge in [-0.1, -0.05) is 0 Å². The van der Waals surface area contributed by atoms with Crippen molar-refractivity contribution in [3.8, 4) is 5.75 Å². The van der Waals surface area contributed by atoms with Gasteiger partial charge in [-0.15, -0.1) is 11.3 Å². The molecule has 1 amide bonds. The Balaban J connectivity index is 1.41. The molecule has 1 unspecified atom stereocenters. The Morgan fingerprint density at radius 1 is 1.22 bits per heavy atom. The van der Waals surface area contributed by atoms with Gasteiger partial charge in [0.1, 0.15) is 11.4 Å². The van der Waals surface area contributed by atoms with Crippen LogP contribution in [0.3, 0.4) is 0 Å². The minimum atomic E-state index is -0.204. The van der Waals surface area contributed by atoms with Crippen LogP contribution in [-0.4, -0.2) is 41.0 Å². The Bertz CT molecular complexity index is 767. The van der Waals surface area contributed by atoms with Crippen molar-refractivity contribution in [1.82, 2.24) is 9.88 Å². The molecule has 1 aromatic heterocycles. The molecular formula is C21H27N3O2S. The molecule has 1 aromatic carbocycles. The molecule has 0 bridgehead atoms. The predicted molar refractivity (Wildman–Crippen MR) is 108 cm³/mol. The van der Waals surface area contributed by atoms with E-state index in [0.29, 0.717) is 6.04 Å². The van der Waals surface area contributed by atoms with Gasteiger partial charge in [0, 0.05) is 50.5 Å². The van der Waals surface area contributed by atoms with Crippen molar-refractivity contribution in [2.75, 3.05) is 24.5 Å². The summed E-state index contributed by atoms with van der Waals surface area (Å²) in [6.45, 7) is 6.40. The number of piperidine rings is 1. The maximum absolute atomic E-state index is 11.5. The molecule has 0 N–H and O–H groups in total. The van der Waals surface area contributed by atoms with Crippen molar-refractivity contribution >= 4 is 22.9 Å². The molecule has 2 saturated heterocycles. The lowest BCUT2D eigenvalue weighted by molar-refractivity contribution is -0.131. The van der Waals surface area contributed by atoms with Crippen LogP contribution in [0.5, 0.6) is 5.75 Å². The van der Waals surface area contributed by atoms with Crippen LogP contribution in [0.25, 0.3) is 0 Å². The van der Waals surface area contributed by atoms with Gasteiger partial charge < -0.3 is 14.5 Å². The number of anilines is 1. The number of hydrogen-bond acceptors (Lipinski definition) is 5. The first-order valence-corrected chi connectivity index (χ1v) is 10.7. The van der Waals surface area contributed by atoms with E-state index >= 15 is 0 Å². The zero-order chi connectivity index (χ0) is 18.9. The van der Waals surface area contributed by atoms with Gasteiger partial charge in [-0.3, -0.25) is 4.79 Å². The van der Waals surface area contributed by atoms with E-state index < -0.39 is 0 Å². The first kappa shape index (κ1) is 18.3. The van der Waals surface area contributed by atoms with Crippen LogP contribution >= 0.6 is 11.3 Å². The Kier molecular flexibility index (Phi) is 5.08. The molecule has 27 heavy (non-hydrogen) atoms. The fourth-order valence-electron chi connectivity index (χ4n) is 4.16. The van der Waals surface area contributed by atoms with E-state index in [1.807, 2.05) is 10.4 Å². The molecular weight excluding hydrogens is 358 g/mol. The van der Waals surface area contributed by atoms with Crippen LogP contribution in [0.4, 0.5) is 5.69 Å². The number of carbonyl (C=O) groups is 1. The molecule has 1 atom stereocenters. The third kappa shape index (κ3) is 3.95. The highest BCUT2D eigenvalue weighted by atomic mass is 32.1. The number of benzene rings is 1. The number of likely N-dealkylation sites (tertiary alicyclic amines) is 1. The average molecular weight is 386 g/mol. The van der Waals surface area contributed by atoms with E-state index in [0.717, 1.165) is 44.6 Å². The number of hydrogen-bond donors (Lipinski definition) is 0. The lowest BCUT2D eigenvalue weighted by atomic mass is 9.93. The van der Waals surface area contributed by atoms with Crippen molar-refractivity contribution in [1.29, 1.82) is 0 Å². The van der Waals surface area contributed by atoms with Crippen LogP contribution < -0.4 is 9.64 Å². The van der Waals surface area contributed by atoms with Crippen molar-refractivity contribution in [3.63, 3.8) is 0 Å². The third-order valence-electron chi connectivity index (χ3n) is 5.84. The zero-order valence-electron chi connectivity index (χ0n) is 16.1. The SMILES string of the molecule is CC(=O)N1CCC(C)(Oc2ccc(N3CCCC3c3cscn3)cc2)CC1. The summed E-state index contributed by atoms with van der Waals surface area (Å²) in [4.78, 5) is 20.4. The number of aromatic nitrogens is 1. The molecule has 0 aliphatic carbocycles. The third-order valence-corrected chi connectivity index (χ3v) is 6.45. The first-order valence-electron chi connectivity index (χ1n) is 9.73. The fraction of sp³-hybridized carbons (Fsp3) is 0.524. The summed E-state index contributed by atoms with van der Waals surface area (Å²) in [6, 6.07) is 8.86. The largest absolute Gasteiger partial charge is 0.487 e. The maximum Gasteiger partial charge on any atom is 0.219 e. The van der Waals surface area contributed by atoms with Gasteiger partial charge >= 0.3 is 0 Å². The molecule has 0 saturated carbocycles. The number of amides is 1. The molecule has 2 aromatic rings. The smallest absolute Gasteiger partial charge is 0.219 e. The second kappa shape index (κ2) is 7.50. The molecule has 2 aliphatic heterocycles. The Hall–Kier alpha value is -2.08. The number of rotatable bonds is 4. The van der Waals surface area contributed by atoms with Crippen molar-refractivity contribution in [2.24, 2.45) is 0 Å². The molecule has 2 fully saturated rings. The Morgan fingerprint density at radius 3 is 2.59 bits per heavy atom. The topological polar surface area (TPSA) is 45.7 Å². The number of carbonyl (C=O) groups excluding carboxylic acids is 1. The van der Waals surface area contributed by atoms with Crippen LogP contribution in [-0.2, 0) is 4.79 Å². The van der Waals surface area contributed by atoms with Crippen molar-refractivity contribution in [2.45, 2.75) is 51.2 Å². The zero-order valence-corrected chi connectivity index (χ0v) is 16.9. The van der Waals surface area contributed by atoms with Crippen LogP contribution in [0.1, 0.15) is 51.3 Å². The van der Waals surface area contributed by atoms with Gasteiger partial charge in [0.05, 0.1) is 17.2 Å². The number of ether oxygens (including phenoxy) is 1. The summed E-state index contributed by atoms with van der Waals surface area (Å²) in [6.07, 6.45) is 4.09. The summed E-state index contributed by atoms with van der Waals surface area (Å²) in [5, 5.41) is 2.16. The Labute approximate surface area is 165 Å². The van der Waals surface area contributed by atoms with Crippen molar-refractivity contribution in [3.05, 3.63) is 40.8 Å². The molecule has 144 valence electrons. The van der Waals surface area contributed by atoms with Crippen molar-refractivity contribution < 1.29 is 9.53 Å². The highest BCUT2D eigenvalue weighted by Crippen LogP contribution is 2.37. The highest BCUT2D eigenvalue weighted by molar-refractivity contribution is 7.07. The average Bonchev–Trinajstić information content (AvgIpc) is 3.34. The second-order valence-corrected chi connectivity index (χ2v) is 8.54. The van der Waals surface area contributed by atoms with Gasteiger partial charge in [0.15, 0.2) is 0 Å². The molecule has 0 spiro atoms. The molecule has 0 radical (unpaired) electrons. The first-order chi connectivity index (χ1) is 13.0. The van der Waals surface area contributed by atoms with Gasteiger partial charge in [0.2, 0.25) is 5.91 Å². The predicted octanol–water partition coefficient (Wildman–Crippen LogP) is 4.26. The molecule has 3 heterocycles. The number of nitrogens with zero attached hydrogens (tertiary/aromatic N) is 3. The van der Waals surface area contributed by atoms with Gasteiger partial charge in [-0.05, 0) is 44.0 Å². The van der Waals surface area contributed by atoms with Crippen LogP contribution in [0.2, 0.25) is 0 Å². The van der Waals surface area contributed by atoms with Gasteiger partial charge in [0.25, 0.3) is 0 Å². The van der Waals surface area contributed by atoms with E-state index in [1.54, 1.807) is 18.3 Å². The summed E-state index contributed by atoms with van der Waals surface area (Å²) in [7, 11) is 0. The quantitative estimate of drug-likeness (QED) is 0.789. The minimum absolute atomic E-state index is 0.154. The van der Waals surface area contributed by atoms with E-state index in [1.165, 1.54) is 17.8 Å². The lowest BCUT2D eigenvalue weighted by Gasteiger charge is -2.39. The Morgan fingerprint density at radius 2 is 1.96 bits per heavy atom. The molecule has 2 aliphatic rings. The summed E-state index contributed by atoms with van der Waals surface area (Å²) < 4.78 is 6.32. The van der Waals surface area contributed by atoms with Crippen LogP contribution in [0, 0.1) is 0 Å². The lowest BCUT2D eigenvalue weighted by Crippen LogP contribution is -2.47. The molecule has 4 rings (SSSR count). The van der Waals surface area contributed by atoms with E-state index in [2.05, 4.69) is 46.5 Å². The standard InChI is InChI=1S/C21H27N3O2S/c1-16(25)23-12-9-21(2,10-13-23)26-18-7-5-17(6-8-18)24-11-3-4-20(24)19-14-27-15-22-19/h5-8,14-15,20H,3-4,9-13H2,1-2H3. The highest BCUT2D eigenvalue weighted by Gasteiger charge is 2.33. The van der Waals surface area contributed by atoms with E-state index in [-0.39, 0.29) is 11.5 Å². The molecule has 6 heteroatoms. The molecule has 5 nitrogen and oxygen atoms in total. The second-order valence-electron chi connectivity index (χ2n) is 7.82. The van der Waals surface area contributed by atoms with E-state index in [9.17, 15) is 4.79 Å². The normalized spacial score (nSPS) is 22.1.